The minimum Gasteiger partial charge on any atom is -0.348 e. The average molecular weight is 260 g/mol. The Morgan fingerprint density at radius 3 is 2.22 bits per heavy atom. The van der Waals surface area contributed by atoms with Crippen LogP contribution in [-0.2, 0) is 0 Å². The maximum absolute atomic E-state index is 12.9. The third-order valence-corrected chi connectivity index (χ3v) is 2.26. The second-order valence-corrected chi connectivity index (χ2v) is 4.39. The number of likely N-dealkylation sites (N-methyl/N-ethyl adjacent to an activating group) is 1. The first-order chi connectivity index (χ1) is 8.31. The van der Waals surface area contributed by atoms with Gasteiger partial charge in [-0.05, 0) is 33.2 Å². The van der Waals surface area contributed by atoms with E-state index in [2.05, 4.69) is 5.32 Å². The van der Waals surface area contributed by atoms with Gasteiger partial charge in [0, 0.05) is 18.2 Å². The van der Waals surface area contributed by atoms with Gasteiger partial charge in [0.2, 0.25) is 0 Å². The molecule has 0 aliphatic heterocycles. The van der Waals surface area contributed by atoms with E-state index in [1.165, 1.54) is 0 Å². The van der Waals surface area contributed by atoms with Crippen molar-refractivity contribution in [3.8, 4) is 0 Å². The highest BCUT2D eigenvalue weighted by molar-refractivity contribution is 5.94. The number of halogens is 3. The lowest BCUT2D eigenvalue weighted by molar-refractivity contribution is 0.0933. The van der Waals surface area contributed by atoms with Crippen molar-refractivity contribution in [3.05, 3.63) is 35.1 Å². The van der Waals surface area contributed by atoms with Crippen molar-refractivity contribution in [1.82, 2.24) is 10.2 Å². The largest absolute Gasteiger partial charge is 0.348 e. The summed E-state index contributed by atoms with van der Waals surface area (Å²) in [5.74, 6) is -4.96. The van der Waals surface area contributed by atoms with Crippen LogP contribution >= 0.6 is 0 Å². The Bertz CT molecular complexity index is 426. The third-order valence-electron chi connectivity index (χ3n) is 2.26. The summed E-state index contributed by atoms with van der Waals surface area (Å²) in [5, 5.41) is 2.57. The van der Waals surface area contributed by atoms with Gasteiger partial charge in [-0.2, -0.15) is 0 Å². The van der Waals surface area contributed by atoms with Crippen LogP contribution in [0, 0.1) is 17.5 Å². The first-order valence-electron chi connectivity index (χ1n) is 5.41. The Labute approximate surface area is 104 Å². The van der Waals surface area contributed by atoms with Crippen molar-refractivity contribution in [3.63, 3.8) is 0 Å². The molecule has 6 heteroatoms. The Kier molecular flexibility index (Phi) is 4.72. The van der Waals surface area contributed by atoms with Crippen molar-refractivity contribution in [2.45, 2.75) is 13.0 Å². The molecule has 0 aliphatic carbocycles. The number of amides is 1. The zero-order chi connectivity index (χ0) is 13.9. The molecule has 0 saturated carbocycles. The number of nitrogens with zero attached hydrogens (tertiary/aromatic N) is 1. The second-order valence-electron chi connectivity index (χ2n) is 4.39. The molecule has 18 heavy (non-hydrogen) atoms. The van der Waals surface area contributed by atoms with Gasteiger partial charge in [0.1, 0.15) is 0 Å². The zero-order valence-corrected chi connectivity index (χ0v) is 10.4. The summed E-state index contributed by atoms with van der Waals surface area (Å²) < 4.78 is 38.6. The highest BCUT2D eigenvalue weighted by Gasteiger charge is 2.16. The van der Waals surface area contributed by atoms with Crippen molar-refractivity contribution in [2.24, 2.45) is 0 Å². The van der Waals surface area contributed by atoms with Crippen LogP contribution in [-0.4, -0.2) is 37.5 Å². The average Bonchev–Trinajstić information content (AvgIpc) is 2.23. The van der Waals surface area contributed by atoms with Crippen LogP contribution in [0.4, 0.5) is 13.2 Å². The van der Waals surface area contributed by atoms with Gasteiger partial charge in [0.15, 0.2) is 17.5 Å². The normalized spacial score (nSPS) is 12.6. The van der Waals surface area contributed by atoms with Crippen molar-refractivity contribution >= 4 is 5.91 Å². The summed E-state index contributed by atoms with van der Waals surface area (Å²) in [7, 11) is 3.67. The molecule has 0 saturated heterocycles. The van der Waals surface area contributed by atoms with Gasteiger partial charge < -0.3 is 10.2 Å². The first-order valence-corrected chi connectivity index (χ1v) is 5.41. The molecule has 3 nitrogen and oxygen atoms in total. The SMILES string of the molecule is CC(CN(C)C)NC(=O)c1cc(F)c(F)c(F)c1. The Morgan fingerprint density at radius 1 is 1.28 bits per heavy atom. The van der Waals surface area contributed by atoms with Crippen molar-refractivity contribution in [1.29, 1.82) is 0 Å². The third kappa shape index (κ3) is 3.73. The molecule has 1 atom stereocenters. The van der Waals surface area contributed by atoms with Gasteiger partial charge in [-0.15, -0.1) is 0 Å². The summed E-state index contributed by atoms with van der Waals surface area (Å²) in [6.45, 7) is 2.34. The number of carbonyl (C=O) groups excluding carboxylic acids is 1. The van der Waals surface area contributed by atoms with E-state index in [4.69, 9.17) is 0 Å². The summed E-state index contributed by atoms with van der Waals surface area (Å²) >= 11 is 0. The number of hydrogen-bond donors (Lipinski definition) is 1. The fourth-order valence-electron chi connectivity index (χ4n) is 1.59. The topological polar surface area (TPSA) is 32.3 Å². The molecule has 0 spiro atoms. The molecule has 1 N–H and O–H groups in total. The summed E-state index contributed by atoms with van der Waals surface area (Å²) in [6.07, 6.45) is 0. The number of benzene rings is 1. The monoisotopic (exact) mass is 260 g/mol. The van der Waals surface area contributed by atoms with Gasteiger partial charge >= 0.3 is 0 Å². The fourth-order valence-corrected chi connectivity index (χ4v) is 1.59. The standard InChI is InChI=1S/C12H15F3N2O/c1-7(6-17(2)3)16-12(18)8-4-9(13)11(15)10(14)5-8/h4-5,7H,6H2,1-3H3,(H,16,18). The molecule has 0 aromatic heterocycles. The summed E-state index contributed by atoms with van der Waals surface area (Å²) in [5.41, 5.74) is -0.239. The molecule has 1 unspecified atom stereocenters. The lowest BCUT2D eigenvalue weighted by Gasteiger charge is -2.18. The number of hydrogen-bond acceptors (Lipinski definition) is 2. The number of carbonyl (C=O) groups is 1. The first kappa shape index (κ1) is 14.5. The van der Waals surface area contributed by atoms with E-state index in [1.54, 1.807) is 6.92 Å². The van der Waals surface area contributed by atoms with E-state index >= 15 is 0 Å². The van der Waals surface area contributed by atoms with E-state index in [9.17, 15) is 18.0 Å². The van der Waals surface area contributed by atoms with Gasteiger partial charge in [0.05, 0.1) is 0 Å². The van der Waals surface area contributed by atoms with E-state index in [-0.39, 0.29) is 11.6 Å². The zero-order valence-electron chi connectivity index (χ0n) is 10.4. The second kappa shape index (κ2) is 5.86. The molecule has 0 bridgehead atoms. The maximum Gasteiger partial charge on any atom is 0.251 e. The number of nitrogens with one attached hydrogen (secondary N) is 1. The van der Waals surface area contributed by atoms with Gasteiger partial charge in [-0.1, -0.05) is 0 Å². The van der Waals surface area contributed by atoms with E-state index < -0.39 is 23.4 Å². The van der Waals surface area contributed by atoms with Crippen LogP contribution in [0.25, 0.3) is 0 Å². The molecule has 0 aliphatic rings. The quantitative estimate of drug-likeness (QED) is 0.837. The molecular formula is C12H15F3N2O. The van der Waals surface area contributed by atoms with Gasteiger partial charge in [-0.25, -0.2) is 13.2 Å². The highest BCUT2D eigenvalue weighted by Crippen LogP contribution is 2.13. The van der Waals surface area contributed by atoms with Crippen molar-refractivity contribution < 1.29 is 18.0 Å². The predicted molar refractivity (Wildman–Crippen MR) is 61.8 cm³/mol. The van der Waals surface area contributed by atoms with Crippen LogP contribution in [0.2, 0.25) is 0 Å². The Balaban J connectivity index is 2.79. The smallest absolute Gasteiger partial charge is 0.251 e. The molecule has 1 aromatic rings. The van der Waals surface area contributed by atoms with Gasteiger partial charge in [0.25, 0.3) is 5.91 Å². The van der Waals surface area contributed by atoms with Gasteiger partial charge in [-0.3, -0.25) is 4.79 Å². The molecule has 1 aromatic carbocycles. The number of rotatable bonds is 4. The molecule has 0 heterocycles. The lowest BCUT2D eigenvalue weighted by Crippen LogP contribution is -2.39. The van der Waals surface area contributed by atoms with E-state index in [0.717, 1.165) is 0 Å². The van der Waals surface area contributed by atoms with Crippen LogP contribution in [0.1, 0.15) is 17.3 Å². The van der Waals surface area contributed by atoms with Crippen molar-refractivity contribution in [2.75, 3.05) is 20.6 Å². The lowest BCUT2D eigenvalue weighted by atomic mass is 10.1. The molecule has 100 valence electrons. The summed E-state index contributed by atoms with van der Waals surface area (Å²) in [4.78, 5) is 13.5. The van der Waals surface area contributed by atoms with E-state index in [1.807, 2.05) is 19.0 Å². The molecule has 0 radical (unpaired) electrons. The molecular weight excluding hydrogens is 245 g/mol. The Hall–Kier alpha value is -1.56. The highest BCUT2D eigenvalue weighted by atomic mass is 19.2. The van der Waals surface area contributed by atoms with E-state index in [0.29, 0.717) is 18.7 Å². The molecule has 0 fully saturated rings. The molecule has 1 amide bonds. The van der Waals surface area contributed by atoms with Crippen LogP contribution in [0.15, 0.2) is 12.1 Å². The Morgan fingerprint density at radius 2 is 1.78 bits per heavy atom. The van der Waals surface area contributed by atoms with Crippen LogP contribution in [0.5, 0.6) is 0 Å². The minimum absolute atomic E-state index is 0.191. The predicted octanol–water partition coefficient (Wildman–Crippen LogP) is 1.78. The maximum atomic E-state index is 12.9. The summed E-state index contributed by atoms with van der Waals surface area (Å²) in [6, 6.07) is 1.16. The fraction of sp³-hybridized carbons (Fsp3) is 0.417. The minimum atomic E-state index is -1.58. The van der Waals surface area contributed by atoms with Crippen LogP contribution < -0.4 is 5.32 Å². The molecule has 1 rings (SSSR count). The van der Waals surface area contributed by atoms with Crippen LogP contribution in [0.3, 0.4) is 0 Å².